The lowest BCUT2D eigenvalue weighted by molar-refractivity contribution is 0.539. The van der Waals surface area contributed by atoms with Gasteiger partial charge in [0.2, 0.25) is 20.0 Å². The lowest BCUT2D eigenvalue weighted by Crippen LogP contribution is -2.29. The van der Waals surface area contributed by atoms with Crippen LogP contribution in [0.25, 0.3) is 11.3 Å². The first-order chi connectivity index (χ1) is 13.2. The first kappa shape index (κ1) is 20.2. The van der Waals surface area contributed by atoms with Gasteiger partial charge >= 0.3 is 0 Å². The van der Waals surface area contributed by atoms with E-state index in [4.69, 9.17) is 5.14 Å². The molecule has 0 aliphatic carbocycles. The third-order valence-corrected chi connectivity index (χ3v) is 6.60. The zero-order chi connectivity index (χ0) is 20.4. The molecule has 0 amide bonds. The average Bonchev–Trinajstić information content (AvgIpc) is 3.16. The van der Waals surface area contributed by atoms with E-state index in [1.54, 1.807) is 6.20 Å². The zero-order valence-corrected chi connectivity index (χ0v) is 16.7. The molecule has 2 aromatic carbocycles. The topological polar surface area (TPSA) is 135 Å². The highest BCUT2D eigenvalue weighted by Crippen LogP contribution is 2.22. The minimum atomic E-state index is -3.89. The maximum Gasteiger partial charge on any atom is 0.241 e. The van der Waals surface area contributed by atoms with E-state index in [1.165, 1.54) is 12.1 Å². The molecule has 0 spiro atoms. The molecule has 148 valence electrons. The lowest BCUT2D eigenvalue weighted by Gasteiger charge is -2.15. The fourth-order valence-electron chi connectivity index (χ4n) is 2.67. The molecule has 4 N–H and O–H groups in total. The first-order valence-electron chi connectivity index (χ1n) is 8.46. The third kappa shape index (κ3) is 4.47. The van der Waals surface area contributed by atoms with E-state index >= 15 is 0 Å². The second kappa shape index (κ2) is 7.84. The SMILES string of the molecule is CCC(NS(=O)(=O)c1ccc(S(N)(=O)=O)cc1)c1ncc(-c2ccccc2)[nH]1. The highest BCUT2D eigenvalue weighted by atomic mass is 32.2. The Morgan fingerprint density at radius 1 is 1.00 bits per heavy atom. The van der Waals surface area contributed by atoms with Crippen molar-refractivity contribution in [3.05, 3.63) is 66.6 Å². The molecule has 1 unspecified atom stereocenters. The van der Waals surface area contributed by atoms with Crippen molar-refractivity contribution >= 4 is 20.0 Å². The fourth-order valence-corrected chi connectivity index (χ4v) is 4.47. The number of hydrogen-bond donors (Lipinski definition) is 3. The number of benzene rings is 2. The number of sulfonamides is 2. The predicted octanol–water partition coefficient (Wildman–Crippen LogP) is 2.15. The van der Waals surface area contributed by atoms with Gasteiger partial charge in [0, 0.05) is 0 Å². The van der Waals surface area contributed by atoms with E-state index in [0.717, 1.165) is 23.4 Å². The molecule has 10 heteroatoms. The predicted molar refractivity (Wildman–Crippen MR) is 105 cm³/mol. The van der Waals surface area contributed by atoms with Crippen molar-refractivity contribution in [2.75, 3.05) is 0 Å². The molecule has 28 heavy (non-hydrogen) atoms. The largest absolute Gasteiger partial charge is 0.341 e. The van der Waals surface area contributed by atoms with Gasteiger partial charge in [0.05, 0.1) is 27.7 Å². The van der Waals surface area contributed by atoms with Crippen molar-refractivity contribution in [3.8, 4) is 11.3 Å². The van der Waals surface area contributed by atoms with Crippen LogP contribution in [0.5, 0.6) is 0 Å². The molecular formula is C18H20N4O4S2. The summed E-state index contributed by atoms with van der Waals surface area (Å²) in [6.45, 7) is 1.84. The highest BCUT2D eigenvalue weighted by Gasteiger charge is 2.23. The molecule has 8 nitrogen and oxygen atoms in total. The molecule has 1 heterocycles. The molecule has 0 saturated heterocycles. The van der Waals surface area contributed by atoms with Gasteiger partial charge in [-0.2, -0.15) is 0 Å². The van der Waals surface area contributed by atoms with Crippen molar-refractivity contribution in [2.24, 2.45) is 5.14 Å². The van der Waals surface area contributed by atoms with Gasteiger partial charge in [0.15, 0.2) is 0 Å². The van der Waals surface area contributed by atoms with Gasteiger partial charge < -0.3 is 4.98 Å². The maximum absolute atomic E-state index is 12.7. The Morgan fingerprint density at radius 2 is 1.61 bits per heavy atom. The number of primary sulfonamides is 1. The van der Waals surface area contributed by atoms with Crippen LogP contribution in [0.15, 0.2) is 70.6 Å². The molecule has 3 rings (SSSR count). The van der Waals surface area contributed by atoms with Gasteiger partial charge in [-0.3, -0.25) is 0 Å². The van der Waals surface area contributed by atoms with E-state index < -0.39 is 26.1 Å². The van der Waals surface area contributed by atoms with Crippen LogP contribution in [0.4, 0.5) is 0 Å². The summed E-state index contributed by atoms with van der Waals surface area (Å²) in [6, 6.07) is 13.7. The minimum absolute atomic E-state index is 0.0619. The Morgan fingerprint density at radius 3 is 2.18 bits per heavy atom. The summed E-state index contributed by atoms with van der Waals surface area (Å²) >= 11 is 0. The lowest BCUT2D eigenvalue weighted by atomic mass is 10.2. The highest BCUT2D eigenvalue weighted by molar-refractivity contribution is 7.89. The molecule has 0 aliphatic heterocycles. The molecule has 1 atom stereocenters. The van der Waals surface area contributed by atoms with Gasteiger partial charge in [-0.25, -0.2) is 31.7 Å². The van der Waals surface area contributed by atoms with Crippen molar-refractivity contribution in [1.82, 2.24) is 14.7 Å². The molecule has 3 aromatic rings. The standard InChI is InChI=1S/C18H20N4O4S2/c1-2-16(18-20-12-17(21-18)13-6-4-3-5-7-13)22-28(25,26)15-10-8-14(9-11-15)27(19,23)24/h3-12,16,22H,2H2,1H3,(H,20,21)(H2,19,23,24). The quantitative estimate of drug-likeness (QED) is 0.538. The molecule has 0 fully saturated rings. The summed E-state index contributed by atoms with van der Waals surface area (Å²) in [7, 11) is -7.77. The Hall–Kier alpha value is -2.53. The fraction of sp³-hybridized carbons (Fsp3) is 0.167. The number of hydrogen-bond acceptors (Lipinski definition) is 5. The van der Waals surface area contributed by atoms with Crippen molar-refractivity contribution in [2.45, 2.75) is 29.2 Å². The summed E-state index contributed by atoms with van der Waals surface area (Å²) in [5.41, 5.74) is 1.73. The zero-order valence-electron chi connectivity index (χ0n) is 15.0. The van der Waals surface area contributed by atoms with Crippen molar-refractivity contribution < 1.29 is 16.8 Å². The summed E-state index contributed by atoms with van der Waals surface area (Å²) in [5, 5.41) is 5.04. The van der Waals surface area contributed by atoms with Crippen LogP contribution >= 0.6 is 0 Å². The van der Waals surface area contributed by atoms with Crippen molar-refractivity contribution in [1.29, 1.82) is 0 Å². The number of nitrogens with zero attached hydrogens (tertiary/aromatic N) is 1. The molecular weight excluding hydrogens is 400 g/mol. The second-order valence-corrected chi connectivity index (χ2v) is 9.42. The smallest absolute Gasteiger partial charge is 0.241 e. The summed E-state index contributed by atoms with van der Waals surface area (Å²) in [5.74, 6) is 0.492. The molecule has 0 radical (unpaired) electrons. The number of nitrogens with one attached hydrogen (secondary N) is 2. The van der Waals surface area contributed by atoms with Gasteiger partial charge in [-0.05, 0) is 36.2 Å². The Labute approximate surface area is 163 Å². The summed E-state index contributed by atoms with van der Waals surface area (Å²) < 4.78 is 50.6. The van der Waals surface area contributed by atoms with Crippen LogP contribution in [0.1, 0.15) is 25.2 Å². The van der Waals surface area contributed by atoms with Crippen LogP contribution in [0.2, 0.25) is 0 Å². The average molecular weight is 421 g/mol. The van der Waals surface area contributed by atoms with E-state index in [-0.39, 0.29) is 9.79 Å². The normalized spacial score (nSPS) is 13.4. The number of aromatic nitrogens is 2. The monoisotopic (exact) mass is 420 g/mol. The number of imidazole rings is 1. The van der Waals surface area contributed by atoms with Gasteiger partial charge in [0.1, 0.15) is 5.82 Å². The Balaban J connectivity index is 1.83. The van der Waals surface area contributed by atoms with E-state index in [1.807, 2.05) is 37.3 Å². The van der Waals surface area contributed by atoms with Gasteiger partial charge in [0.25, 0.3) is 0 Å². The van der Waals surface area contributed by atoms with Gasteiger partial charge in [-0.1, -0.05) is 37.3 Å². The third-order valence-electron chi connectivity index (χ3n) is 4.18. The van der Waals surface area contributed by atoms with Crippen LogP contribution < -0.4 is 9.86 Å². The number of H-pyrrole nitrogens is 1. The van der Waals surface area contributed by atoms with Crippen LogP contribution in [-0.4, -0.2) is 26.8 Å². The summed E-state index contributed by atoms with van der Waals surface area (Å²) in [6.07, 6.45) is 2.12. The van der Waals surface area contributed by atoms with Crippen LogP contribution in [0, 0.1) is 0 Å². The van der Waals surface area contributed by atoms with Crippen LogP contribution in [-0.2, 0) is 20.0 Å². The molecule has 0 bridgehead atoms. The Bertz CT molecular complexity index is 1160. The van der Waals surface area contributed by atoms with E-state index in [9.17, 15) is 16.8 Å². The van der Waals surface area contributed by atoms with Crippen molar-refractivity contribution in [3.63, 3.8) is 0 Å². The molecule has 0 saturated carbocycles. The van der Waals surface area contributed by atoms with Gasteiger partial charge in [-0.15, -0.1) is 0 Å². The first-order valence-corrected chi connectivity index (χ1v) is 11.5. The number of nitrogens with two attached hydrogens (primary N) is 1. The molecule has 0 aliphatic rings. The number of aromatic amines is 1. The second-order valence-electron chi connectivity index (χ2n) is 6.15. The van der Waals surface area contributed by atoms with Crippen LogP contribution in [0.3, 0.4) is 0 Å². The number of rotatable bonds is 7. The summed E-state index contributed by atoms with van der Waals surface area (Å²) in [4.78, 5) is 7.24. The maximum atomic E-state index is 12.7. The Kier molecular flexibility index (Phi) is 5.66. The molecule has 1 aromatic heterocycles. The van der Waals surface area contributed by atoms with E-state index in [0.29, 0.717) is 12.2 Å². The van der Waals surface area contributed by atoms with E-state index in [2.05, 4.69) is 14.7 Å². The minimum Gasteiger partial charge on any atom is -0.341 e.